The normalized spacial score (nSPS) is 30.6. The van der Waals surface area contributed by atoms with Crippen molar-refractivity contribution in [2.45, 2.75) is 25.3 Å². The van der Waals surface area contributed by atoms with Gasteiger partial charge in [-0.05, 0) is 49.7 Å². The molecule has 3 nitrogen and oxygen atoms in total. The molecule has 0 amide bonds. The van der Waals surface area contributed by atoms with Crippen molar-refractivity contribution in [1.29, 1.82) is 0 Å². The van der Waals surface area contributed by atoms with Crippen molar-refractivity contribution in [3.63, 3.8) is 0 Å². The molecule has 3 aliphatic rings. The lowest BCUT2D eigenvalue weighted by Crippen LogP contribution is -2.31. The maximum Gasteiger partial charge on any atom is 0.199 e. The standard InChI is InChI=1S/C15H18N2OS/c18-14-4-9-17(13-5-10-19-15(13)14)12-3-8-16-6-1-11(12)2-7-16/h4-5,9-12H,1-3,6-8H2. The molecule has 0 radical (unpaired) electrons. The van der Waals surface area contributed by atoms with Crippen LogP contribution in [0.25, 0.3) is 10.2 Å². The molecule has 100 valence electrons. The molecule has 0 aromatic carbocycles. The molecule has 3 fully saturated rings. The fraction of sp³-hybridized carbons (Fsp3) is 0.533. The second-order valence-electron chi connectivity index (χ2n) is 5.76. The van der Waals surface area contributed by atoms with Crippen molar-refractivity contribution >= 4 is 21.6 Å². The molecule has 0 aliphatic carbocycles. The Morgan fingerprint density at radius 1 is 1.11 bits per heavy atom. The number of rotatable bonds is 1. The van der Waals surface area contributed by atoms with Gasteiger partial charge in [0.05, 0.1) is 10.2 Å². The van der Waals surface area contributed by atoms with E-state index in [1.54, 1.807) is 17.4 Å². The smallest absolute Gasteiger partial charge is 0.199 e. The van der Waals surface area contributed by atoms with Crippen LogP contribution in [0.5, 0.6) is 0 Å². The first-order chi connectivity index (χ1) is 9.33. The first-order valence-electron chi connectivity index (χ1n) is 7.13. The lowest BCUT2D eigenvalue weighted by atomic mass is 9.90. The van der Waals surface area contributed by atoms with Gasteiger partial charge in [0, 0.05) is 24.8 Å². The second-order valence-corrected chi connectivity index (χ2v) is 6.67. The molecule has 0 saturated carbocycles. The van der Waals surface area contributed by atoms with Crippen LogP contribution in [-0.2, 0) is 0 Å². The van der Waals surface area contributed by atoms with Gasteiger partial charge in [0.2, 0.25) is 0 Å². The summed E-state index contributed by atoms with van der Waals surface area (Å²) in [7, 11) is 0. The average Bonchev–Trinajstić information content (AvgIpc) is 2.76. The van der Waals surface area contributed by atoms with Gasteiger partial charge in [-0.1, -0.05) is 0 Å². The summed E-state index contributed by atoms with van der Waals surface area (Å²) in [6, 6.07) is 4.43. The maximum atomic E-state index is 11.9. The zero-order chi connectivity index (χ0) is 12.8. The quantitative estimate of drug-likeness (QED) is 0.799. The molecule has 19 heavy (non-hydrogen) atoms. The summed E-state index contributed by atoms with van der Waals surface area (Å²) < 4.78 is 3.30. The van der Waals surface area contributed by atoms with Gasteiger partial charge < -0.3 is 9.47 Å². The first-order valence-corrected chi connectivity index (χ1v) is 8.01. The van der Waals surface area contributed by atoms with E-state index in [1.807, 2.05) is 11.6 Å². The van der Waals surface area contributed by atoms with Crippen molar-refractivity contribution in [3.05, 3.63) is 33.9 Å². The Morgan fingerprint density at radius 2 is 1.89 bits per heavy atom. The summed E-state index contributed by atoms with van der Waals surface area (Å²) in [5, 5.41) is 2.04. The van der Waals surface area contributed by atoms with Gasteiger partial charge in [-0.3, -0.25) is 4.79 Å². The van der Waals surface area contributed by atoms with Crippen LogP contribution in [0.3, 0.4) is 0 Å². The van der Waals surface area contributed by atoms with Gasteiger partial charge >= 0.3 is 0 Å². The summed E-state index contributed by atoms with van der Waals surface area (Å²) in [6.07, 6.45) is 5.86. The fourth-order valence-corrected chi connectivity index (χ4v) is 4.57. The third-order valence-electron chi connectivity index (χ3n) is 4.81. The largest absolute Gasteiger partial charge is 0.343 e. The SMILES string of the molecule is O=c1ccn(C2CCN3CCC2CC3)c2ccsc12. The van der Waals surface area contributed by atoms with E-state index in [9.17, 15) is 4.79 Å². The number of fused-ring (bicyclic) bond motifs is 5. The van der Waals surface area contributed by atoms with Gasteiger partial charge in [-0.15, -0.1) is 11.3 Å². The third kappa shape index (κ3) is 1.85. The van der Waals surface area contributed by atoms with Crippen molar-refractivity contribution in [2.24, 2.45) is 5.92 Å². The van der Waals surface area contributed by atoms with Crippen molar-refractivity contribution in [3.8, 4) is 0 Å². The molecule has 2 bridgehead atoms. The minimum absolute atomic E-state index is 0.169. The molecule has 0 spiro atoms. The van der Waals surface area contributed by atoms with E-state index >= 15 is 0 Å². The van der Waals surface area contributed by atoms with Crippen LogP contribution >= 0.6 is 11.3 Å². The molecular formula is C15H18N2OS. The highest BCUT2D eigenvalue weighted by molar-refractivity contribution is 7.17. The minimum atomic E-state index is 0.169. The van der Waals surface area contributed by atoms with Gasteiger partial charge in [0.1, 0.15) is 0 Å². The fourth-order valence-electron chi connectivity index (χ4n) is 3.76. The second kappa shape index (κ2) is 4.46. The Kier molecular flexibility index (Phi) is 2.74. The number of hydrogen-bond acceptors (Lipinski definition) is 3. The van der Waals surface area contributed by atoms with E-state index in [0.29, 0.717) is 6.04 Å². The van der Waals surface area contributed by atoms with E-state index in [4.69, 9.17) is 0 Å². The zero-order valence-corrected chi connectivity index (χ0v) is 11.7. The Morgan fingerprint density at radius 3 is 2.74 bits per heavy atom. The van der Waals surface area contributed by atoms with Gasteiger partial charge in [0.15, 0.2) is 5.43 Å². The van der Waals surface area contributed by atoms with Crippen LogP contribution in [-0.4, -0.2) is 29.1 Å². The number of nitrogens with zero attached hydrogens (tertiary/aromatic N) is 2. The van der Waals surface area contributed by atoms with Gasteiger partial charge in [-0.25, -0.2) is 0 Å². The molecule has 3 aliphatic heterocycles. The summed E-state index contributed by atoms with van der Waals surface area (Å²) in [5.74, 6) is 0.782. The number of piperidine rings is 1. The molecule has 2 aromatic heterocycles. The zero-order valence-electron chi connectivity index (χ0n) is 10.9. The summed E-state index contributed by atoms with van der Waals surface area (Å²) in [5.41, 5.74) is 1.31. The van der Waals surface area contributed by atoms with Crippen LogP contribution in [0.4, 0.5) is 0 Å². The van der Waals surface area contributed by atoms with Crippen LogP contribution in [0, 0.1) is 5.92 Å². The lowest BCUT2D eigenvalue weighted by Gasteiger charge is -2.30. The maximum absolute atomic E-state index is 11.9. The molecule has 1 unspecified atom stereocenters. The topological polar surface area (TPSA) is 25.2 Å². The molecule has 2 aromatic rings. The van der Waals surface area contributed by atoms with Crippen LogP contribution < -0.4 is 5.43 Å². The Hall–Kier alpha value is -1.13. The summed E-state index contributed by atoms with van der Waals surface area (Å²) in [4.78, 5) is 14.5. The van der Waals surface area contributed by atoms with E-state index < -0.39 is 0 Å². The van der Waals surface area contributed by atoms with Crippen molar-refractivity contribution < 1.29 is 0 Å². The van der Waals surface area contributed by atoms with E-state index in [1.165, 1.54) is 38.9 Å². The van der Waals surface area contributed by atoms with Crippen molar-refractivity contribution in [2.75, 3.05) is 19.6 Å². The Balaban J connectivity index is 1.83. The Labute approximate surface area is 116 Å². The average molecular weight is 274 g/mol. The van der Waals surface area contributed by atoms with E-state index in [-0.39, 0.29) is 5.43 Å². The minimum Gasteiger partial charge on any atom is -0.343 e. The number of hydrogen-bond donors (Lipinski definition) is 0. The monoisotopic (exact) mass is 274 g/mol. The first kappa shape index (κ1) is 11.7. The van der Waals surface area contributed by atoms with Crippen molar-refractivity contribution in [1.82, 2.24) is 9.47 Å². The molecule has 3 saturated heterocycles. The Bertz CT molecular complexity index is 651. The predicted molar refractivity (Wildman–Crippen MR) is 78.9 cm³/mol. The van der Waals surface area contributed by atoms with E-state index in [0.717, 1.165) is 16.1 Å². The van der Waals surface area contributed by atoms with Gasteiger partial charge in [-0.2, -0.15) is 0 Å². The van der Waals surface area contributed by atoms with Crippen LogP contribution in [0.2, 0.25) is 0 Å². The van der Waals surface area contributed by atoms with Crippen LogP contribution in [0.15, 0.2) is 28.5 Å². The highest BCUT2D eigenvalue weighted by atomic mass is 32.1. The molecule has 4 heteroatoms. The number of aromatic nitrogens is 1. The summed E-state index contributed by atoms with van der Waals surface area (Å²) in [6.45, 7) is 3.72. The molecule has 5 rings (SSSR count). The highest BCUT2D eigenvalue weighted by Gasteiger charge is 2.32. The molecule has 5 heterocycles. The predicted octanol–water partition coefficient (Wildman–Crippen LogP) is 2.72. The van der Waals surface area contributed by atoms with Gasteiger partial charge in [0.25, 0.3) is 0 Å². The summed E-state index contributed by atoms with van der Waals surface area (Å²) >= 11 is 1.57. The number of pyridine rings is 1. The van der Waals surface area contributed by atoms with E-state index in [2.05, 4.69) is 15.5 Å². The third-order valence-corrected chi connectivity index (χ3v) is 5.73. The van der Waals surface area contributed by atoms with Crippen LogP contribution in [0.1, 0.15) is 25.3 Å². The molecular weight excluding hydrogens is 256 g/mol. The highest BCUT2D eigenvalue weighted by Crippen LogP contribution is 2.36. The number of thiophene rings is 1. The molecule has 0 N–H and O–H groups in total. The molecule has 1 atom stereocenters. The lowest BCUT2D eigenvalue weighted by molar-refractivity contribution is 0.211.